The SMILES string of the molecule is Cc1cc(C=CC(=O)c2ccc(C(F)(F)F)cc2)c(OC(C)C)c(C)c1C(=O)O. The smallest absolute Gasteiger partial charge is 0.416 e. The first-order valence-electron chi connectivity index (χ1n) is 8.85. The fourth-order valence-electron chi connectivity index (χ4n) is 2.93. The molecule has 2 aromatic carbocycles. The van der Waals surface area contributed by atoms with Crippen LogP contribution in [0.3, 0.4) is 0 Å². The molecule has 0 unspecified atom stereocenters. The molecule has 4 nitrogen and oxygen atoms in total. The highest BCUT2D eigenvalue weighted by atomic mass is 19.4. The number of carboxylic acid groups (broad SMARTS) is 1. The Bertz CT molecular complexity index is 956. The predicted molar refractivity (Wildman–Crippen MR) is 103 cm³/mol. The number of ketones is 1. The Morgan fingerprint density at radius 2 is 1.69 bits per heavy atom. The van der Waals surface area contributed by atoms with E-state index in [0.29, 0.717) is 22.4 Å². The number of benzene rings is 2. The molecule has 0 spiro atoms. The van der Waals surface area contributed by atoms with E-state index in [1.807, 2.05) is 0 Å². The third kappa shape index (κ3) is 5.25. The predicted octanol–water partition coefficient (Wildman–Crippen LogP) is 5.70. The van der Waals surface area contributed by atoms with Crippen LogP contribution in [0, 0.1) is 13.8 Å². The van der Waals surface area contributed by atoms with Crippen LogP contribution in [0.2, 0.25) is 0 Å². The lowest BCUT2D eigenvalue weighted by molar-refractivity contribution is -0.137. The molecule has 0 bridgehead atoms. The summed E-state index contributed by atoms with van der Waals surface area (Å²) in [6.07, 6.45) is -1.99. The number of hydrogen-bond acceptors (Lipinski definition) is 3. The van der Waals surface area contributed by atoms with E-state index >= 15 is 0 Å². The van der Waals surface area contributed by atoms with Gasteiger partial charge in [-0.05, 0) is 63.6 Å². The van der Waals surface area contributed by atoms with Crippen molar-refractivity contribution >= 4 is 17.8 Å². The lowest BCUT2D eigenvalue weighted by Crippen LogP contribution is -2.12. The molecule has 0 aliphatic carbocycles. The van der Waals surface area contributed by atoms with Crippen LogP contribution >= 0.6 is 0 Å². The second kappa shape index (κ2) is 8.51. The monoisotopic (exact) mass is 406 g/mol. The van der Waals surface area contributed by atoms with E-state index in [2.05, 4.69) is 0 Å². The molecule has 0 saturated carbocycles. The van der Waals surface area contributed by atoms with Crippen molar-refractivity contribution in [3.05, 3.63) is 69.8 Å². The molecular weight excluding hydrogens is 385 g/mol. The highest BCUT2D eigenvalue weighted by Crippen LogP contribution is 2.32. The van der Waals surface area contributed by atoms with Crippen molar-refractivity contribution in [2.45, 2.75) is 40.0 Å². The van der Waals surface area contributed by atoms with Gasteiger partial charge < -0.3 is 9.84 Å². The molecule has 0 saturated heterocycles. The van der Waals surface area contributed by atoms with Gasteiger partial charge in [0.05, 0.1) is 17.2 Å². The summed E-state index contributed by atoms with van der Waals surface area (Å²) in [5.41, 5.74) is 0.865. The van der Waals surface area contributed by atoms with Crippen molar-refractivity contribution in [1.29, 1.82) is 0 Å². The fourth-order valence-corrected chi connectivity index (χ4v) is 2.93. The van der Waals surface area contributed by atoms with Gasteiger partial charge in [-0.25, -0.2) is 4.79 Å². The molecule has 0 heterocycles. The van der Waals surface area contributed by atoms with Gasteiger partial charge in [0.15, 0.2) is 5.78 Å². The first kappa shape index (κ1) is 22.2. The minimum absolute atomic E-state index is 0.108. The highest BCUT2D eigenvalue weighted by molar-refractivity contribution is 6.07. The Morgan fingerprint density at radius 1 is 1.10 bits per heavy atom. The lowest BCUT2D eigenvalue weighted by atomic mass is 9.97. The van der Waals surface area contributed by atoms with E-state index in [-0.39, 0.29) is 17.2 Å². The first-order chi connectivity index (χ1) is 13.4. The van der Waals surface area contributed by atoms with E-state index < -0.39 is 23.5 Å². The zero-order valence-electron chi connectivity index (χ0n) is 16.4. The molecule has 7 heteroatoms. The summed E-state index contributed by atoms with van der Waals surface area (Å²) in [6, 6.07) is 5.54. The van der Waals surface area contributed by atoms with Crippen LogP contribution in [-0.2, 0) is 6.18 Å². The maximum Gasteiger partial charge on any atom is 0.416 e. The van der Waals surface area contributed by atoms with E-state index in [1.165, 1.54) is 12.2 Å². The zero-order valence-corrected chi connectivity index (χ0v) is 16.4. The molecule has 0 amide bonds. The van der Waals surface area contributed by atoms with E-state index in [0.717, 1.165) is 24.3 Å². The summed E-state index contributed by atoms with van der Waals surface area (Å²) >= 11 is 0. The standard InChI is InChI=1S/C22H21F3O4/c1-12(2)29-20-14(4)19(21(27)28)13(3)11-16(20)7-10-18(26)15-5-8-17(9-6-15)22(23,24)25/h5-12H,1-4H3,(H,27,28). The van der Waals surface area contributed by atoms with Crippen LogP contribution < -0.4 is 4.74 Å². The van der Waals surface area contributed by atoms with Crippen molar-refractivity contribution in [1.82, 2.24) is 0 Å². The van der Waals surface area contributed by atoms with Crippen LogP contribution in [0.4, 0.5) is 13.2 Å². The summed E-state index contributed by atoms with van der Waals surface area (Å²) < 4.78 is 43.7. The molecule has 29 heavy (non-hydrogen) atoms. The molecule has 0 aromatic heterocycles. The van der Waals surface area contributed by atoms with Gasteiger partial charge in [0, 0.05) is 16.7 Å². The maximum absolute atomic E-state index is 12.6. The molecule has 0 fully saturated rings. The maximum atomic E-state index is 12.6. The summed E-state index contributed by atoms with van der Waals surface area (Å²) in [6.45, 7) is 6.86. The molecular formula is C22H21F3O4. The third-order valence-electron chi connectivity index (χ3n) is 4.22. The number of carbonyl (C=O) groups excluding carboxylic acids is 1. The number of carboxylic acids is 1. The van der Waals surface area contributed by atoms with Gasteiger partial charge in [-0.3, -0.25) is 4.79 Å². The molecule has 0 aliphatic rings. The number of aromatic carboxylic acids is 1. The quantitative estimate of drug-likeness (QED) is 0.493. The number of halogens is 3. The molecule has 2 aromatic rings. The topological polar surface area (TPSA) is 63.6 Å². The van der Waals surface area contributed by atoms with Crippen molar-refractivity contribution in [3.8, 4) is 5.75 Å². The number of hydrogen-bond donors (Lipinski definition) is 1. The number of allylic oxidation sites excluding steroid dienone is 1. The largest absolute Gasteiger partial charge is 0.490 e. The Kier molecular flexibility index (Phi) is 6.51. The van der Waals surface area contributed by atoms with Crippen LogP contribution in [0.5, 0.6) is 5.75 Å². The Labute approximate surface area is 166 Å². The average Bonchev–Trinajstić information content (AvgIpc) is 2.61. The lowest BCUT2D eigenvalue weighted by Gasteiger charge is -2.18. The fraction of sp³-hybridized carbons (Fsp3) is 0.273. The van der Waals surface area contributed by atoms with Gasteiger partial charge in [-0.15, -0.1) is 0 Å². The Hall–Kier alpha value is -3.09. The summed E-state index contributed by atoms with van der Waals surface area (Å²) in [7, 11) is 0. The van der Waals surface area contributed by atoms with E-state index in [9.17, 15) is 27.9 Å². The van der Waals surface area contributed by atoms with E-state index in [1.54, 1.807) is 33.8 Å². The number of carbonyl (C=O) groups is 2. The van der Waals surface area contributed by atoms with Gasteiger partial charge in [0.2, 0.25) is 0 Å². The molecule has 1 N–H and O–H groups in total. The van der Waals surface area contributed by atoms with Gasteiger partial charge in [-0.2, -0.15) is 13.2 Å². The zero-order chi connectivity index (χ0) is 21.9. The molecule has 2 rings (SSSR count). The average molecular weight is 406 g/mol. The van der Waals surface area contributed by atoms with Gasteiger partial charge >= 0.3 is 12.1 Å². The number of rotatable bonds is 6. The van der Waals surface area contributed by atoms with Crippen molar-refractivity contribution in [2.75, 3.05) is 0 Å². The van der Waals surface area contributed by atoms with Gasteiger partial charge in [0.25, 0.3) is 0 Å². The number of alkyl halides is 3. The molecule has 0 atom stereocenters. The number of ether oxygens (including phenoxy) is 1. The van der Waals surface area contributed by atoms with Crippen molar-refractivity contribution in [3.63, 3.8) is 0 Å². The van der Waals surface area contributed by atoms with Crippen LogP contribution in [-0.4, -0.2) is 23.0 Å². The van der Waals surface area contributed by atoms with Gasteiger partial charge in [-0.1, -0.05) is 12.1 Å². The molecule has 0 aliphatic heterocycles. The minimum atomic E-state index is -4.47. The highest BCUT2D eigenvalue weighted by Gasteiger charge is 2.30. The Balaban J connectivity index is 2.40. The second-order valence-electron chi connectivity index (χ2n) is 6.86. The van der Waals surface area contributed by atoms with E-state index in [4.69, 9.17) is 4.74 Å². The molecule has 0 radical (unpaired) electrons. The van der Waals surface area contributed by atoms with Crippen LogP contribution in [0.15, 0.2) is 36.4 Å². The number of aryl methyl sites for hydroxylation is 1. The van der Waals surface area contributed by atoms with Gasteiger partial charge in [0.1, 0.15) is 5.75 Å². The van der Waals surface area contributed by atoms with Crippen LogP contribution in [0.1, 0.15) is 56.8 Å². The van der Waals surface area contributed by atoms with Crippen LogP contribution in [0.25, 0.3) is 6.08 Å². The van der Waals surface area contributed by atoms with Crippen molar-refractivity contribution in [2.24, 2.45) is 0 Å². The second-order valence-corrected chi connectivity index (χ2v) is 6.86. The minimum Gasteiger partial charge on any atom is -0.490 e. The first-order valence-corrected chi connectivity index (χ1v) is 8.85. The summed E-state index contributed by atoms with van der Waals surface area (Å²) in [4.78, 5) is 23.9. The third-order valence-corrected chi connectivity index (χ3v) is 4.22. The molecule has 154 valence electrons. The van der Waals surface area contributed by atoms with Crippen molar-refractivity contribution < 1.29 is 32.6 Å². The normalized spacial score (nSPS) is 11.9. The summed E-state index contributed by atoms with van der Waals surface area (Å²) in [5.74, 6) is -1.21. The summed E-state index contributed by atoms with van der Waals surface area (Å²) in [5, 5.41) is 9.43. The Morgan fingerprint density at radius 3 is 2.17 bits per heavy atom.